The van der Waals surface area contributed by atoms with Gasteiger partial charge in [-0.3, -0.25) is 4.79 Å². The second-order valence-corrected chi connectivity index (χ2v) is 8.71. The van der Waals surface area contributed by atoms with E-state index in [0.29, 0.717) is 11.0 Å². The van der Waals surface area contributed by atoms with E-state index < -0.39 is 0 Å². The molecule has 0 saturated carbocycles. The number of anilines is 2. The van der Waals surface area contributed by atoms with Crippen molar-refractivity contribution >= 4 is 28.9 Å². The first-order valence-corrected chi connectivity index (χ1v) is 11.8. The van der Waals surface area contributed by atoms with E-state index >= 15 is 0 Å². The number of Topliss-reactive ketones (excluding diaryl/α,β-unsaturated/α-hetero) is 1. The Labute approximate surface area is 197 Å². The minimum absolute atomic E-state index is 0.0549. The number of hydrogen-bond donors (Lipinski definition) is 0. The van der Waals surface area contributed by atoms with Crippen molar-refractivity contribution in [3.63, 3.8) is 0 Å². The number of carbonyl (C=O) groups is 1. The number of aromatic nitrogens is 4. The highest BCUT2D eigenvalue weighted by atomic mass is 32.2. The summed E-state index contributed by atoms with van der Waals surface area (Å²) in [7, 11) is 3.72. The van der Waals surface area contributed by atoms with Crippen LogP contribution in [-0.2, 0) is 11.2 Å². The number of fused-ring (bicyclic) bond motifs is 1. The lowest BCUT2D eigenvalue weighted by molar-refractivity contribution is -0.112. The fourth-order valence-electron chi connectivity index (χ4n) is 3.88. The molecule has 0 unspecified atom stereocenters. The number of allylic oxidation sites excluding steroid dienone is 1. The van der Waals surface area contributed by atoms with E-state index in [9.17, 15) is 10.1 Å². The molecule has 0 N–H and O–H groups in total. The van der Waals surface area contributed by atoms with Gasteiger partial charge in [-0.05, 0) is 53.1 Å². The van der Waals surface area contributed by atoms with Crippen LogP contribution in [0.3, 0.4) is 0 Å². The highest BCUT2D eigenvalue weighted by molar-refractivity contribution is 7.99. The van der Waals surface area contributed by atoms with Gasteiger partial charge in [0, 0.05) is 14.1 Å². The predicted octanol–water partition coefficient (Wildman–Crippen LogP) is 3.99. The monoisotopic (exact) mass is 459 g/mol. The second kappa shape index (κ2) is 9.88. The maximum absolute atomic E-state index is 13.1. The number of nitriles is 1. The van der Waals surface area contributed by atoms with Gasteiger partial charge in [0.05, 0.1) is 22.8 Å². The lowest BCUT2D eigenvalue weighted by Gasteiger charge is -2.19. The van der Waals surface area contributed by atoms with Gasteiger partial charge in [0.2, 0.25) is 5.16 Å². The van der Waals surface area contributed by atoms with E-state index in [0.717, 1.165) is 36.3 Å². The lowest BCUT2D eigenvalue weighted by Crippen LogP contribution is -2.26. The molecule has 0 spiro atoms. The van der Waals surface area contributed by atoms with E-state index in [2.05, 4.69) is 40.7 Å². The number of ketones is 1. The molecule has 33 heavy (non-hydrogen) atoms. The molecule has 0 aliphatic carbocycles. The summed E-state index contributed by atoms with van der Waals surface area (Å²) in [6.07, 6.45) is 3.35. The van der Waals surface area contributed by atoms with Crippen LogP contribution in [0.15, 0.2) is 65.1 Å². The zero-order chi connectivity index (χ0) is 23.4. The molecule has 0 amide bonds. The number of tetrazole rings is 1. The van der Waals surface area contributed by atoms with Crippen LogP contribution in [0.2, 0.25) is 0 Å². The normalized spacial score (nSPS) is 12.6. The van der Waals surface area contributed by atoms with Crippen molar-refractivity contribution in [2.45, 2.75) is 31.3 Å². The van der Waals surface area contributed by atoms with Gasteiger partial charge in [-0.2, -0.15) is 9.94 Å². The van der Waals surface area contributed by atoms with Gasteiger partial charge in [0.1, 0.15) is 17.5 Å². The quantitative estimate of drug-likeness (QED) is 0.284. The van der Waals surface area contributed by atoms with Crippen molar-refractivity contribution in [2.75, 3.05) is 29.6 Å². The third kappa shape index (κ3) is 4.47. The third-order valence-corrected chi connectivity index (χ3v) is 6.55. The molecule has 9 heteroatoms. The summed E-state index contributed by atoms with van der Waals surface area (Å²) in [6, 6.07) is 18.0. The van der Waals surface area contributed by atoms with Crippen LogP contribution < -0.4 is 9.80 Å². The number of carbonyl (C=O) groups excluding carboxylic acids is 1. The predicted molar refractivity (Wildman–Crippen MR) is 129 cm³/mol. The first-order valence-electron chi connectivity index (χ1n) is 10.8. The van der Waals surface area contributed by atoms with Gasteiger partial charge in [0.15, 0.2) is 5.78 Å². The van der Waals surface area contributed by atoms with Gasteiger partial charge < -0.3 is 9.80 Å². The highest BCUT2D eigenvalue weighted by Gasteiger charge is 2.31. The molecule has 1 aromatic heterocycles. The van der Waals surface area contributed by atoms with Gasteiger partial charge in [-0.1, -0.05) is 49.4 Å². The Bertz CT molecular complexity index is 1200. The molecular formula is C24H25N7OS. The van der Waals surface area contributed by atoms with Crippen molar-refractivity contribution in [2.24, 2.45) is 0 Å². The van der Waals surface area contributed by atoms with E-state index in [1.54, 1.807) is 4.68 Å². The molecule has 0 fully saturated rings. The molecular weight excluding hydrogens is 434 g/mol. The van der Waals surface area contributed by atoms with Gasteiger partial charge in [-0.15, -0.1) is 5.10 Å². The fraction of sp³-hybridized carbons (Fsp3) is 0.292. The average molecular weight is 460 g/mol. The van der Waals surface area contributed by atoms with Crippen LogP contribution in [0.5, 0.6) is 0 Å². The number of hydrogen-bond acceptors (Lipinski definition) is 8. The maximum Gasteiger partial charge on any atom is 0.214 e. The minimum Gasteiger partial charge on any atom is -0.328 e. The summed E-state index contributed by atoms with van der Waals surface area (Å²) in [5, 5.41) is 22.2. The molecule has 0 radical (unpaired) electrons. The SMILES string of the molecule is CCCCc1ccc(-n2nnnc2SCC(=O)C(C#N)=C2N(C)c3ccccc3N2C)cc1. The fourth-order valence-corrected chi connectivity index (χ4v) is 4.64. The molecule has 4 rings (SSSR count). The van der Waals surface area contributed by atoms with E-state index in [1.165, 1.54) is 17.3 Å². The Hall–Kier alpha value is -3.64. The Balaban J connectivity index is 1.50. The van der Waals surface area contributed by atoms with Crippen LogP contribution in [0.25, 0.3) is 5.69 Å². The second-order valence-electron chi connectivity index (χ2n) is 7.77. The van der Waals surface area contributed by atoms with Crippen LogP contribution in [0.1, 0.15) is 25.3 Å². The van der Waals surface area contributed by atoms with Crippen LogP contribution in [0.4, 0.5) is 11.4 Å². The molecule has 0 bridgehead atoms. The number of unbranched alkanes of at least 4 members (excludes halogenated alkanes) is 1. The Morgan fingerprint density at radius 1 is 1.06 bits per heavy atom. The largest absolute Gasteiger partial charge is 0.328 e. The Morgan fingerprint density at radius 2 is 1.73 bits per heavy atom. The molecule has 0 saturated heterocycles. The van der Waals surface area contributed by atoms with Gasteiger partial charge >= 0.3 is 0 Å². The van der Waals surface area contributed by atoms with E-state index in [4.69, 9.17) is 0 Å². The Morgan fingerprint density at radius 3 is 2.33 bits per heavy atom. The van der Waals surface area contributed by atoms with E-state index in [-0.39, 0.29) is 17.1 Å². The molecule has 168 valence electrons. The van der Waals surface area contributed by atoms with E-state index in [1.807, 2.05) is 60.3 Å². The zero-order valence-electron chi connectivity index (χ0n) is 18.9. The molecule has 8 nitrogen and oxygen atoms in total. The van der Waals surface area contributed by atoms with Crippen LogP contribution >= 0.6 is 11.8 Å². The van der Waals surface area contributed by atoms with Gasteiger partial charge in [0.25, 0.3) is 0 Å². The topological polar surface area (TPSA) is 90.9 Å². The average Bonchev–Trinajstić information content (AvgIpc) is 3.41. The summed E-state index contributed by atoms with van der Waals surface area (Å²) in [4.78, 5) is 16.8. The summed E-state index contributed by atoms with van der Waals surface area (Å²) in [5.74, 6) is 0.361. The lowest BCUT2D eigenvalue weighted by atomic mass is 10.1. The number of nitrogens with zero attached hydrogens (tertiary/aromatic N) is 7. The van der Waals surface area contributed by atoms with Crippen LogP contribution in [-0.4, -0.2) is 45.8 Å². The van der Waals surface area contributed by atoms with Crippen molar-refractivity contribution in [3.8, 4) is 11.8 Å². The maximum atomic E-state index is 13.1. The first-order chi connectivity index (χ1) is 16.0. The Kier molecular flexibility index (Phi) is 6.75. The minimum atomic E-state index is -0.270. The van der Waals surface area contributed by atoms with Crippen molar-refractivity contribution in [1.82, 2.24) is 20.2 Å². The number of aryl methyl sites for hydroxylation is 1. The number of para-hydroxylation sites is 2. The van der Waals surface area contributed by atoms with Crippen LogP contribution in [0, 0.1) is 11.3 Å². The number of rotatable bonds is 8. The van der Waals surface area contributed by atoms with Crippen molar-refractivity contribution < 1.29 is 4.79 Å². The van der Waals surface area contributed by atoms with Crippen molar-refractivity contribution in [1.29, 1.82) is 5.26 Å². The summed E-state index contributed by atoms with van der Waals surface area (Å²) in [6.45, 7) is 2.18. The summed E-state index contributed by atoms with van der Waals surface area (Å²) < 4.78 is 1.62. The zero-order valence-corrected chi connectivity index (χ0v) is 19.7. The number of thioether (sulfide) groups is 1. The summed E-state index contributed by atoms with van der Waals surface area (Å²) >= 11 is 1.22. The first kappa shape index (κ1) is 22.6. The molecule has 2 aromatic carbocycles. The third-order valence-electron chi connectivity index (χ3n) is 5.63. The van der Waals surface area contributed by atoms with Gasteiger partial charge in [-0.25, -0.2) is 0 Å². The molecule has 2 heterocycles. The molecule has 3 aromatic rings. The molecule has 0 atom stereocenters. The van der Waals surface area contributed by atoms with Crippen molar-refractivity contribution in [3.05, 3.63) is 65.5 Å². The highest BCUT2D eigenvalue weighted by Crippen LogP contribution is 2.40. The smallest absolute Gasteiger partial charge is 0.214 e. The molecule has 1 aliphatic rings. The number of benzene rings is 2. The summed E-state index contributed by atoms with van der Waals surface area (Å²) in [5.41, 5.74) is 4.13. The standard InChI is InChI=1S/C24H25N7OS/c1-4-5-8-17-11-13-18(14-12-17)31-24(26-27-28-31)33-16-22(32)19(15-25)23-29(2)20-9-6-7-10-21(20)30(23)3/h6-7,9-14H,4-5,8,16H2,1-3H3. The molecule has 1 aliphatic heterocycles.